The first kappa shape index (κ1) is 17.2. The van der Waals surface area contributed by atoms with Crippen LogP contribution in [0.3, 0.4) is 0 Å². The van der Waals surface area contributed by atoms with Crippen molar-refractivity contribution in [2.45, 2.75) is 6.92 Å². The third kappa shape index (κ3) is 4.42. The van der Waals surface area contributed by atoms with Crippen molar-refractivity contribution < 1.29 is 28.7 Å². The highest BCUT2D eigenvalue weighted by molar-refractivity contribution is 6.10. The number of rotatable bonds is 5. The molecule has 0 unspecified atom stereocenters. The molecule has 8 nitrogen and oxygen atoms in total. The van der Waals surface area contributed by atoms with E-state index in [0.29, 0.717) is 11.4 Å². The number of benzene rings is 1. The van der Waals surface area contributed by atoms with Crippen LogP contribution < -0.4 is 10.2 Å². The molecule has 1 aliphatic rings. The number of carbonyl (C=O) groups excluding carboxylic acids is 4. The summed E-state index contributed by atoms with van der Waals surface area (Å²) in [5.74, 6) is -2.42. The number of hydrogen-bond donors (Lipinski definition) is 1. The van der Waals surface area contributed by atoms with Crippen LogP contribution in [0, 0.1) is 0 Å². The molecule has 1 aromatic carbocycles. The maximum Gasteiger partial charge on any atom is 0.331 e. The zero-order valence-corrected chi connectivity index (χ0v) is 13.0. The van der Waals surface area contributed by atoms with Gasteiger partial charge in [0.1, 0.15) is 6.54 Å². The molecule has 2 rings (SSSR count). The predicted octanol–water partition coefficient (Wildman–Crippen LogP) is 0.634. The summed E-state index contributed by atoms with van der Waals surface area (Å²) >= 11 is 0. The topological polar surface area (TPSA) is 102 Å². The van der Waals surface area contributed by atoms with Crippen LogP contribution >= 0.6 is 0 Å². The number of anilines is 2. The number of esters is 2. The summed E-state index contributed by atoms with van der Waals surface area (Å²) < 4.78 is 9.39. The molecule has 0 fully saturated rings. The van der Waals surface area contributed by atoms with Gasteiger partial charge in [0.2, 0.25) is 5.91 Å². The minimum absolute atomic E-state index is 0.161. The Morgan fingerprint density at radius 2 is 1.83 bits per heavy atom. The van der Waals surface area contributed by atoms with Crippen LogP contribution in [-0.4, -0.2) is 43.5 Å². The lowest BCUT2D eigenvalue weighted by molar-refractivity contribution is -0.143. The highest BCUT2D eigenvalue weighted by Gasteiger charge is 2.26. The molecule has 0 aliphatic carbocycles. The predicted molar refractivity (Wildman–Crippen MR) is 84.2 cm³/mol. The summed E-state index contributed by atoms with van der Waals surface area (Å²) in [6, 6.07) is 6.80. The number of carbonyl (C=O) groups is 4. The number of fused-ring (bicyclic) bond motifs is 1. The van der Waals surface area contributed by atoms with Crippen molar-refractivity contribution in [3.05, 3.63) is 36.4 Å². The Bertz CT molecular complexity index is 698. The standard InChI is InChI=1S/C16H16N2O6/c1-2-23-15(21)7-8-16(22)24-10-14(20)18-9-13(19)17-11-5-3-4-6-12(11)18/h3-8H,2,9-10H2,1H3,(H,17,19). The SMILES string of the molecule is CCOC(=O)C=CC(=O)OCC(=O)N1CC(=O)Nc2ccccc21. The van der Waals surface area contributed by atoms with E-state index >= 15 is 0 Å². The van der Waals surface area contributed by atoms with E-state index in [1.165, 1.54) is 4.90 Å². The largest absolute Gasteiger partial charge is 0.463 e. The van der Waals surface area contributed by atoms with Crippen LogP contribution in [0.25, 0.3) is 0 Å². The molecule has 1 N–H and O–H groups in total. The van der Waals surface area contributed by atoms with Gasteiger partial charge in [0.25, 0.3) is 5.91 Å². The van der Waals surface area contributed by atoms with Crippen molar-refractivity contribution in [1.82, 2.24) is 0 Å². The van der Waals surface area contributed by atoms with Crippen molar-refractivity contribution in [3.63, 3.8) is 0 Å². The fourth-order valence-electron chi connectivity index (χ4n) is 2.04. The zero-order valence-electron chi connectivity index (χ0n) is 13.0. The molecule has 0 saturated carbocycles. The molecule has 0 radical (unpaired) electrons. The minimum Gasteiger partial charge on any atom is -0.463 e. The Labute approximate surface area is 138 Å². The third-order valence-corrected chi connectivity index (χ3v) is 3.05. The van der Waals surface area contributed by atoms with E-state index in [1.54, 1.807) is 31.2 Å². The molecule has 0 bridgehead atoms. The van der Waals surface area contributed by atoms with Gasteiger partial charge < -0.3 is 14.8 Å². The quantitative estimate of drug-likeness (QED) is 0.627. The van der Waals surface area contributed by atoms with Crippen LogP contribution in [0.15, 0.2) is 36.4 Å². The first-order valence-corrected chi connectivity index (χ1v) is 7.22. The average molecular weight is 332 g/mol. The van der Waals surface area contributed by atoms with Gasteiger partial charge in [-0.1, -0.05) is 12.1 Å². The average Bonchev–Trinajstić information content (AvgIpc) is 2.57. The summed E-state index contributed by atoms with van der Waals surface area (Å²) in [6.07, 6.45) is 1.79. The summed E-state index contributed by atoms with van der Waals surface area (Å²) in [4.78, 5) is 47.6. The van der Waals surface area contributed by atoms with E-state index in [2.05, 4.69) is 10.1 Å². The Hall–Kier alpha value is -3.16. The van der Waals surface area contributed by atoms with Gasteiger partial charge in [-0.05, 0) is 19.1 Å². The molecule has 0 aromatic heterocycles. The van der Waals surface area contributed by atoms with Crippen LogP contribution in [-0.2, 0) is 28.7 Å². The number of hydrogen-bond acceptors (Lipinski definition) is 6. The number of para-hydroxylation sites is 2. The van der Waals surface area contributed by atoms with Gasteiger partial charge in [-0.15, -0.1) is 0 Å². The zero-order chi connectivity index (χ0) is 17.5. The van der Waals surface area contributed by atoms with Gasteiger partial charge in [-0.25, -0.2) is 9.59 Å². The van der Waals surface area contributed by atoms with Crippen molar-refractivity contribution in [2.75, 3.05) is 30.0 Å². The molecule has 1 heterocycles. The molecule has 1 aromatic rings. The first-order chi connectivity index (χ1) is 11.5. The Balaban J connectivity index is 1.95. The van der Waals surface area contributed by atoms with Crippen molar-refractivity contribution in [3.8, 4) is 0 Å². The molecule has 24 heavy (non-hydrogen) atoms. The van der Waals surface area contributed by atoms with E-state index in [-0.39, 0.29) is 19.1 Å². The minimum atomic E-state index is -0.855. The van der Waals surface area contributed by atoms with E-state index in [9.17, 15) is 19.2 Å². The van der Waals surface area contributed by atoms with E-state index < -0.39 is 24.5 Å². The summed E-state index contributed by atoms with van der Waals surface area (Å²) in [6.45, 7) is 1.11. The van der Waals surface area contributed by atoms with Gasteiger partial charge >= 0.3 is 11.9 Å². The van der Waals surface area contributed by atoms with Gasteiger partial charge in [-0.2, -0.15) is 0 Å². The molecule has 126 valence electrons. The lowest BCUT2D eigenvalue weighted by Crippen LogP contribution is -2.44. The second-order valence-corrected chi connectivity index (χ2v) is 4.74. The molecule has 0 atom stereocenters. The normalized spacial score (nSPS) is 13.2. The highest BCUT2D eigenvalue weighted by atomic mass is 16.5. The van der Waals surface area contributed by atoms with Crippen molar-refractivity contribution in [1.29, 1.82) is 0 Å². The molecular weight excluding hydrogens is 316 g/mol. The fraction of sp³-hybridized carbons (Fsp3) is 0.250. The van der Waals surface area contributed by atoms with Crippen molar-refractivity contribution in [2.24, 2.45) is 0 Å². The van der Waals surface area contributed by atoms with Gasteiger partial charge in [0.05, 0.1) is 18.0 Å². The second kappa shape index (κ2) is 7.91. The van der Waals surface area contributed by atoms with E-state index in [4.69, 9.17) is 4.74 Å². The third-order valence-electron chi connectivity index (χ3n) is 3.05. The monoisotopic (exact) mass is 332 g/mol. The molecule has 0 spiro atoms. The van der Waals surface area contributed by atoms with Gasteiger partial charge in [-0.3, -0.25) is 14.5 Å². The maximum atomic E-state index is 12.2. The van der Waals surface area contributed by atoms with Gasteiger partial charge in [0, 0.05) is 12.2 Å². The number of nitrogens with zero attached hydrogens (tertiary/aromatic N) is 1. The number of amides is 2. The molecule has 8 heteroatoms. The maximum absolute atomic E-state index is 12.2. The Morgan fingerprint density at radius 3 is 2.54 bits per heavy atom. The second-order valence-electron chi connectivity index (χ2n) is 4.74. The summed E-state index contributed by atoms with van der Waals surface area (Å²) in [5.41, 5.74) is 1.04. The Kier molecular flexibility index (Phi) is 5.67. The van der Waals surface area contributed by atoms with Gasteiger partial charge in [0.15, 0.2) is 6.61 Å². The van der Waals surface area contributed by atoms with Crippen LogP contribution in [0.2, 0.25) is 0 Å². The first-order valence-electron chi connectivity index (χ1n) is 7.22. The van der Waals surface area contributed by atoms with Crippen LogP contribution in [0.1, 0.15) is 6.92 Å². The van der Waals surface area contributed by atoms with Crippen molar-refractivity contribution >= 4 is 35.1 Å². The molecular formula is C16H16N2O6. The summed E-state index contributed by atoms with van der Waals surface area (Å²) in [7, 11) is 0. The molecule has 1 aliphatic heterocycles. The van der Waals surface area contributed by atoms with E-state index in [1.807, 2.05) is 0 Å². The summed E-state index contributed by atoms with van der Waals surface area (Å²) in [5, 5.41) is 2.65. The fourth-order valence-corrected chi connectivity index (χ4v) is 2.04. The number of ether oxygens (including phenoxy) is 2. The lowest BCUT2D eigenvalue weighted by Gasteiger charge is -2.28. The number of nitrogens with one attached hydrogen (secondary N) is 1. The van der Waals surface area contributed by atoms with Crippen LogP contribution in [0.4, 0.5) is 11.4 Å². The van der Waals surface area contributed by atoms with Crippen LogP contribution in [0.5, 0.6) is 0 Å². The lowest BCUT2D eigenvalue weighted by atomic mass is 10.2. The Morgan fingerprint density at radius 1 is 1.17 bits per heavy atom. The highest BCUT2D eigenvalue weighted by Crippen LogP contribution is 2.28. The molecule has 2 amide bonds. The smallest absolute Gasteiger partial charge is 0.331 e. The van der Waals surface area contributed by atoms with E-state index in [0.717, 1.165) is 12.2 Å². The molecule has 0 saturated heterocycles.